The van der Waals surface area contributed by atoms with E-state index in [4.69, 9.17) is 9.47 Å². The van der Waals surface area contributed by atoms with Crippen molar-refractivity contribution in [2.45, 2.75) is 45.4 Å². The van der Waals surface area contributed by atoms with Crippen molar-refractivity contribution in [1.82, 2.24) is 4.90 Å². The van der Waals surface area contributed by atoms with Crippen LogP contribution in [0.2, 0.25) is 0 Å². The molecule has 36 heavy (non-hydrogen) atoms. The Balaban J connectivity index is 1.44. The standard InChI is InChI=1S/C29H35BrN2O4/c1-29(2,3)32(20-26(33)21-36-27-7-5-4-6-8-27)28(34)35-18-17-22-11-15-25(16-12-22)31-19-23-9-13-24(30)14-10-23/h4-16,26,31,33H,17-21H2,1-3H3. The molecule has 0 fully saturated rings. The summed E-state index contributed by atoms with van der Waals surface area (Å²) in [6.07, 6.45) is -0.681. The number of anilines is 1. The molecule has 0 aliphatic carbocycles. The molecule has 1 unspecified atom stereocenters. The molecule has 2 N–H and O–H groups in total. The van der Waals surface area contributed by atoms with E-state index in [-0.39, 0.29) is 19.8 Å². The Bertz CT molecular complexity index is 1070. The number of benzene rings is 3. The van der Waals surface area contributed by atoms with E-state index in [1.807, 2.05) is 87.5 Å². The van der Waals surface area contributed by atoms with Crippen LogP contribution in [-0.4, -0.2) is 47.5 Å². The van der Waals surface area contributed by atoms with Gasteiger partial charge in [0, 0.05) is 28.7 Å². The number of para-hydroxylation sites is 1. The van der Waals surface area contributed by atoms with Crippen molar-refractivity contribution in [1.29, 1.82) is 0 Å². The van der Waals surface area contributed by atoms with Crippen molar-refractivity contribution >= 4 is 27.7 Å². The van der Waals surface area contributed by atoms with Crippen LogP contribution in [-0.2, 0) is 17.7 Å². The zero-order valence-corrected chi connectivity index (χ0v) is 22.7. The van der Waals surface area contributed by atoms with Crippen LogP contribution in [0.5, 0.6) is 5.75 Å². The first-order valence-corrected chi connectivity index (χ1v) is 12.9. The van der Waals surface area contributed by atoms with Crippen LogP contribution >= 0.6 is 15.9 Å². The highest BCUT2D eigenvalue weighted by Crippen LogP contribution is 2.18. The molecule has 7 heteroatoms. The van der Waals surface area contributed by atoms with Crippen LogP contribution < -0.4 is 10.1 Å². The van der Waals surface area contributed by atoms with Gasteiger partial charge in [0.05, 0.1) is 13.2 Å². The van der Waals surface area contributed by atoms with E-state index in [2.05, 4.69) is 33.4 Å². The van der Waals surface area contributed by atoms with Gasteiger partial charge >= 0.3 is 6.09 Å². The van der Waals surface area contributed by atoms with Gasteiger partial charge in [0.2, 0.25) is 0 Å². The van der Waals surface area contributed by atoms with Crippen LogP contribution in [0.15, 0.2) is 83.3 Å². The zero-order chi connectivity index (χ0) is 26.0. The molecule has 0 aliphatic rings. The van der Waals surface area contributed by atoms with Gasteiger partial charge in [-0.15, -0.1) is 0 Å². The van der Waals surface area contributed by atoms with E-state index < -0.39 is 17.7 Å². The van der Waals surface area contributed by atoms with Crippen molar-refractivity contribution in [3.63, 3.8) is 0 Å². The number of halogens is 1. The van der Waals surface area contributed by atoms with Gasteiger partial charge in [-0.05, 0) is 68.3 Å². The molecule has 1 amide bonds. The van der Waals surface area contributed by atoms with Crippen molar-refractivity contribution in [3.05, 3.63) is 94.5 Å². The van der Waals surface area contributed by atoms with E-state index in [1.165, 1.54) is 5.56 Å². The number of β-amino-alcohol motifs (C(OH)–C–C–N with tert-alkyl or cyclic N) is 1. The van der Waals surface area contributed by atoms with Crippen molar-refractivity contribution < 1.29 is 19.4 Å². The number of rotatable bonds is 11. The van der Waals surface area contributed by atoms with Gasteiger partial charge in [-0.1, -0.05) is 58.4 Å². The van der Waals surface area contributed by atoms with E-state index in [1.54, 1.807) is 4.90 Å². The zero-order valence-electron chi connectivity index (χ0n) is 21.1. The van der Waals surface area contributed by atoms with Gasteiger partial charge in [0.25, 0.3) is 0 Å². The maximum absolute atomic E-state index is 12.8. The summed E-state index contributed by atoms with van der Waals surface area (Å²) in [5, 5.41) is 13.9. The van der Waals surface area contributed by atoms with Gasteiger partial charge in [0.15, 0.2) is 0 Å². The van der Waals surface area contributed by atoms with E-state index >= 15 is 0 Å². The van der Waals surface area contributed by atoms with Gasteiger partial charge in [-0.2, -0.15) is 0 Å². The summed E-state index contributed by atoms with van der Waals surface area (Å²) in [6.45, 7) is 6.96. The third kappa shape index (κ3) is 9.21. The highest BCUT2D eigenvalue weighted by Gasteiger charge is 2.30. The minimum Gasteiger partial charge on any atom is -0.491 e. The molecule has 3 aromatic rings. The molecule has 0 aromatic heterocycles. The lowest BCUT2D eigenvalue weighted by atomic mass is 10.1. The summed E-state index contributed by atoms with van der Waals surface area (Å²) in [5.41, 5.74) is 2.81. The van der Waals surface area contributed by atoms with Gasteiger partial charge in [-0.3, -0.25) is 0 Å². The molecule has 0 radical (unpaired) electrons. The maximum atomic E-state index is 12.8. The predicted molar refractivity (Wildman–Crippen MR) is 147 cm³/mol. The number of carbonyl (C=O) groups excluding carboxylic acids is 1. The average Bonchev–Trinajstić information content (AvgIpc) is 2.86. The molecular formula is C29H35BrN2O4. The third-order valence-corrected chi connectivity index (χ3v) is 6.12. The summed E-state index contributed by atoms with van der Waals surface area (Å²) < 4.78 is 12.2. The Hall–Kier alpha value is -3.03. The first-order chi connectivity index (χ1) is 17.2. The Morgan fingerprint density at radius 1 is 0.972 bits per heavy atom. The number of ether oxygens (including phenoxy) is 2. The molecule has 192 valence electrons. The highest BCUT2D eigenvalue weighted by atomic mass is 79.9. The fourth-order valence-corrected chi connectivity index (χ4v) is 3.79. The minimum absolute atomic E-state index is 0.0894. The minimum atomic E-state index is -0.838. The molecular weight excluding hydrogens is 520 g/mol. The monoisotopic (exact) mass is 554 g/mol. The molecule has 3 aromatic carbocycles. The van der Waals surface area contributed by atoms with Crippen molar-refractivity contribution in [2.24, 2.45) is 0 Å². The number of hydrogen-bond donors (Lipinski definition) is 2. The molecule has 0 bridgehead atoms. The second kappa shape index (κ2) is 13.3. The van der Waals surface area contributed by atoms with Gasteiger partial charge < -0.3 is 24.8 Å². The molecule has 0 saturated heterocycles. The molecule has 1 atom stereocenters. The fraction of sp³-hybridized carbons (Fsp3) is 0.345. The SMILES string of the molecule is CC(C)(C)N(CC(O)COc1ccccc1)C(=O)OCCc1ccc(NCc2ccc(Br)cc2)cc1. The van der Waals surface area contributed by atoms with Crippen molar-refractivity contribution in [2.75, 3.05) is 25.1 Å². The molecule has 6 nitrogen and oxygen atoms in total. The first kappa shape index (κ1) is 27.6. The topological polar surface area (TPSA) is 71.0 Å². The van der Waals surface area contributed by atoms with Crippen molar-refractivity contribution in [3.8, 4) is 5.75 Å². The summed E-state index contributed by atoms with van der Waals surface area (Å²) in [5.74, 6) is 0.677. The lowest BCUT2D eigenvalue weighted by molar-refractivity contribution is 0.0225. The molecule has 3 rings (SSSR count). The number of aliphatic hydroxyl groups excluding tert-OH is 1. The summed E-state index contributed by atoms with van der Waals surface area (Å²) in [7, 11) is 0. The first-order valence-electron chi connectivity index (χ1n) is 12.1. The van der Waals surface area contributed by atoms with Gasteiger partial charge in [-0.25, -0.2) is 4.79 Å². The normalized spacial score (nSPS) is 12.0. The summed E-state index contributed by atoms with van der Waals surface area (Å²) in [4.78, 5) is 14.4. The predicted octanol–water partition coefficient (Wildman–Crippen LogP) is 6.28. The Morgan fingerprint density at radius 2 is 1.61 bits per heavy atom. The smallest absolute Gasteiger partial charge is 0.410 e. The van der Waals surface area contributed by atoms with Crippen LogP contribution in [0.3, 0.4) is 0 Å². The Morgan fingerprint density at radius 3 is 2.25 bits per heavy atom. The second-order valence-corrected chi connectivity index (χ2v) is 10.5. The number of nitrogens with one attached hydrogen (secondary N) is 1. The molecule has 0 spiro atoms. The van der Waals surface area contributed by atoms with E-state index in [0.29, 0.717) is 12.2 Å². The van der Waals surface area contributed by atoms with Crippen LogP contribution in [0.25, 0.3) is 0 Å². The Kier molecular flexibility index (Phi) is 10.2. The summed E-state index contributed by atoms with van der Waals surface area (Å²) in [6, 6.07) is 25.6. The summed E-state index contributed by atoms with van der Waals surface area (Å²) >= 11 is 3.45. The third-order valence-electron chi connectivity index (χ3n) is 5.59. The van der Waals surface area contributed by atoms with E-state index in [0.717, 1.165) is 22.3 Å². The average molecular weight is 556 g/mol. The number of amides is 1. The molecule has 0 heterocycles. The number of nitrogens with zero attached hydrogens (tertiary/aromatic N) is 1. The van der Waals surface area contributed by atoms with Gasteiger partial charge in [0.1, 0.15) is 18.5 Å². The number of carbonyl (C=O) groups is 1. The lowest BCUT2D eigenvalue weighted by Crippen LogP contribution is -2.50. The van der Waals surface area contributed by atoms with Crippen LogP contribution in [0, 0.1) is 0 Å². The highest BCUT2D eigenvalue weighted by molar-refractivity contribution is 9.10. The fourth-order valence-electron chi connectivity index (χ4n) is 3.52. The quantitative estimate of drug-likeness (QED) is 0.292. The maximum Gasteiger partial charge on any atom is 0.410 e. The lowest BCUT2D eigenvalue weighted by Gasteiger charge is -2.36. The second-order valence-electron chi connectivity index (χ2n) is 9.60. The largest absolute Gasteiger partial charge is 0.491 e. The van der Waals surface area contributed by atoms with E-state index in [9.17, 15) is 9.90 Å². The molecule has 0 saturated carbocycles. The molecule has 0 aliphatic heterocycles. The van der Waals surface area contributed by atoms with Crippen LogP contribution in [0.4, 0.5) is 10.5 Å². The Labute approximate surface area is 222 Å². The van der Waals surface area contributed by atoms with Crippen LogP contribution in [0.1, 0.15) is 31.9 Å². The number of hydrogen-bond acceptors (Lipinski definition) is 5. The number of aliphatic hydroxyl groups is 1.